The summed E-state index contributed by atoms with van der Waals surface area (Å²) in [6, 6.07) is 15.7. The number of fused-ring (bicyclic) bond motifs is 2. The minimum absolute atomic E-state index is 0.0683. The second kappa shape index (κ2) is 9.16. The van der Waals surface area contributed by atoms with Gasteiger partial charge >= 0.3 is 0 Å². The zero-order chi connectivity index (χ0) is 21.1. The smallest absolute Gasteiger partial charge is 0.255 e. The van der Waals surface area contributed by atoms with E-state index in [-0.39, 0.29) is 18.2 Å². The molecule has 5 nitrogen and oxygen atoms in total. The summed E-state index contributed by atoms with van der Waals surface area (Å²) in [5.74, 6) is 1.51. The van der Waals surface area contributed by atoms with Crippen molar-refractivity contribution in [2.24, 2.45) is 0 Å². The lowest BCUT2D eigenvalue weighted by Crippen LogP contribution is -2.39. The number of ether oxygens (including phenoxy) is 2. The van der Waals surface area contributed by atoms with Crippen molar-refractivity contribution in [3.8, 4) is 11.5 Å². The van der Waals surface area contributed by atoms with Crippen LogP contribution in [0.4, 0.5) is 0 Å². The molecule has 1 atom stereocenters. The molecule has 0 aliphatic carbocycles. The fourth-order valence-corrected chi connectivity index (χ4v) is 4.08. The quantitative estimate of drug-likeness (QED) is 0.549. The molecule has 7 heteroatoms. The molecular weight excluding hydrogens is 420 g/mol. The molecule has 30 heavy (non-hydrogen) atoms. The van der Waals surface area contributed by atoms with Gasteiger partial charge in [-0.15, -0.1) is 11.8 Å². The molecule has 0 spiro atoms. The normalized spacial score (nSPS) is 15.3. The van der Waals surface area contributed by atoms with Gasteiger partial charge in [0.05, 0.1) is 12.1 Å². The molecule has 1 N–H and O–H groups in total. The van der Waals surface area contributed by atoms with Crippen LogP contribution in [-0.2, 0) is 13.1 Å². The lowest BCUT2D eigenvalue weighted by atomic mass is 10.1. The van der Waals surface area contributed by atoms with Crippen molar-refractivity contribution in [1.29, 1.82) is 0 Å². The third kappa shape index (κ3) is 4.51. The van der Waals surface area contributed by atoms with Crippen molar-refractivity contribution >= 4 is 34.3 Å². The van der Waals surface area contributed by atoms with E-state index in [1.165, 1.54) is 0 Å². The van der Waals surface area contributed by atoms with Gasteiger partial charge in [-0.1, -0.05) is 36.4 Å². The van der Waals surface area contributed by atoms with Gasteiger partial charge < -0.3 is 19.4 Å². The second-order valence-electron chi connectivity index (χ2n) is 7.13. The van der Waals surface area contributed by atoms with E-state index in [9.17, 15) is 4.79 Å². The molecule has 2 heterocycles. The van der Waals surface area contributed by atoms with E-state index in [2.05, 4.69) is 18.0 Å². The fraction of sp³-hybridized carbons (Fsp3) is 0.261. The van der Waals surface area contributed by atoms with Gasteiger partial charge in [-0.25, -0.2) is 0 Å². The summed E-state index contributed by atoms with van der Waals surface area (Å²) in [5.41, 5.74) is 1.47. The molecule has 3 aromatic rings. The average Bonchev–Trinajstić information content (AvgIpc) is 2.75. The number of allylic oxidation sites excluding steroid dienone is 1. The predicted octanol–water partition coefficient (Wildman–Crippen LogP) is 4.41. The second-order valence-corrected chi connectivity index (χ2v) is 8.55. The van der Waals surface area contributed by atoms with Crippen molar-refractivity contribution < 1.29 is 9.47 Å². The van der Waals surface area contributed by atoms with Crippen molar-refractivity contribution in [2.45, 2.75) is 24.1 Å². The first-order chi connectivity index (χ1) is 14.5. The summed E-state index contributed by atoms with van der Waals surface area (Å²) in [6.45, 7) is 5.51. The number of pyridine rings is 1. The van der Waals surface area contributed by atoms with Crippen LogP contribution in [0.1, 0.15) is 5.56 Å². The van der Waals surface area contributed by atoms with E-state index in [1.807, 2.05) is 48.7 Å². The molecule has 1 unspecified atom stereocenters. The van der Waals surface area contributed by atoms with Crippen LogP contribution in [0.25, 0.3) is 10.9 Å². The van der Waals surface area contributed by atoms with Crippen LogP contribution >= 0.6 is 23.4 Å². The van der Waals surface area contributed by atoms with Crippen LogP contribution in [-0.4, -0.2) is 30.1 Å². The van der Waals surface area contributed by atoms with Gasteiger partial charge in [0.15, 0.2) is 11.5 Å². The van der Waals surface area contributed by atoms with E-state index < -0.39 is 0 Å². The topological polar surface area (TPSA) is 52.5 Å². The first-order valence-electron chi connectivity index (χ1n) is 9.68. The highest BCUT2D eigenvalue weighted by atomic mass is 35.5. The van der Waals surface area contributed by atoms with Gasteiger partial charge in [-0.05, 0) is 42.0 Å². The summed E-state index contributed by atoms with van der Waals surface area (Å²) < 4.78 is 13.4. The average molecular weight is 443 g/mol. The largest absolute Gasteiger partial charge is 0.486 e. The van der Waals surface area contributed by atoms with Crippen molar-refractivity contribution in [2.75, 3.05) is 19.4 Å². The summed E-state index contributed by atoms with van der Waals surface area (Å²) in [4.78, 5) is 14.2. The number of nitrogens with zero attached hydrogens (tertiary/aromatic N) is 1. The molecule has 0 fully saturated rings. The van der Waals surface area contributed by atoms with Crippen LogP contribution in [0.2, 0.25) is 0 Å². The summed E-state index contributed by atoms with van der Waals surface area (Å²) >= 11 is 7.69. The third-order valence-electron chi connectivity index (χ3n) is 4.96. The first-order valence-corrected chi connectivity index (χ1v) is 11.3. The monoisotopic (exact) mass is 442 g/mol. The Morgan fingerprint density at radius 3 is 2.83 bits per heavy atom. The third-order valence-corrected chi connectivity index (χ3v) is 5.81. The van der Waals surface area contributed by atoms with E-state index in [1.54, 1.807) is 16.3 Å². The Bertz CT molecular complexity index is 1140. The van der Waals surface area contributed by atoms with Crippen molar-refractivity contribution in [3.63, 3.8) is 0 Å². The van der Waals surface area contributed by atoms with Crippen LogP contribution in [0.5, 0.6) is 11.5 Å². The first kappa shape index (κ1) is 20.8. The highest BCUT2D eigenvalue weighted by Gasteiger charge is 2.20. The number of aromatic nitrogens is 1. The maximum Gasteiger partial charge on any atom is 0.255 e. The number of hydrogen-bond donors (Lipinski definition) is 1. The maximum absolute atomic E-state index is 13.1. The molecule has 1 aliphatic rings. The number of rotatable bonds is 7. The maximum atomic E-state index is 13.1. The molecular formula is C23H23ClN2O3S. The van der Waals surface area contributed by atoms with Crippen LogP contribution in [0.15, 0.2) is 69.8 Å². The van der Waals surface area contributed by atoms with E-state index in [0.29, 0.717) is 30.3 Å². The lowest BCUT2D eigenvalue weighted by molar-refractivity contribution is 0.0902. The van der Waals surface area contributed by atoms with Gasteiger partial charge in [0.25, 0.3) is 5.56 Å². The Labute approximate surface area is 184 Å². The zero-order valence-corrected chi connectivity index (χ0v) is 18.3. The molecule has 0 amide bonds. The molecule has 4 rings (SSSR count). The van der Waals surface area contributed by atoms with Crippen LogP contribution in [0.3, 0.4) is 0 Å². The van der Waals surface area contributed by atoms with E-state index in [4.69, 9.17) is 21.1 Å². The van der Waals surface area contributed by atoms with Gasteiger partial charge in [-0.2, -0.15) is 0 Å². The molecule has 0 saturated heterocycles. The molecule has 2 aromatic carbocycles. The summed E-state index contributed by atoms with van der Waals surface area (Å²) in [5, 5.41) is 4.75. The molecule has 0 bridgehead atoms. The molecule has 1 aromatic heterocycles. The number of thioether (sulfide) groups is 1. The Hall–Kier alpha value is -2.41. The number of para-hydroxylation sites is 2. The van der Waals surface area contributed by atoms with E-state index >= 15 is 0 Å². The highest BCUT2D eigenvalue weighted by Crippen LogP contribution is 2.30. The van der Waals surface area contributed by atoms with Gasteiger partial charge in [0.2, 0.25) is 0 Å². The molecule has 1 aliphatic heterocycles. The Morgan fingerprint density at radius 2 is 2.07 bits per heavy atom. The van der Waals surface area contributed by atoms with Crippen molar-refractivity contribution in [3.05, 3.63) is 76.1 Å². The SMILES string of the molecule is C=C(Cl)Cn1c(=O)c(CNCC2COc3ccccc3O2)cc2ccc(SC)cc21. The number of halogens is 1. The van der Waals surface area contributed by atoms with Crippen LogP contribution < -0.4 is 20.3 Å². The van der Waals surface area contributed by atoms with Gasteiger partial charge in [0, 0.05) is 28.6 Å². The van der Waals surface area contributed by atoms with Crippen LogP contribution in [0, 0.1) is 0 Å². The fourth-order valence-electron chi connectivity index (χ4n) is 3.53. The summed E-state index contributed by atoms with van der Waals surface area (Å²) in [7, 11) is 0. The summed E-state index contributed by atoms with van der Waals surface area (Å²) in [6.07, 6.45) is 1.90. The lowest BCUT2D eigenvalue weighted by Gasteiger charge is -2.26. The molecule has 0 radical (unpaired) electrons. The zero-order valence-electron chi connectivity index (χ0n) is 16.7. The number of benzene rings is 2. The Balaban J connectivity index is 1.52. The Kier molecular flexibility index (Phi) is 6.37. The molecule has 0 saturated carbocycles. The number of hydrogen-bond acceptors (Lipinski definition) is 5. The molecule has 156 valence electrons. The predicted molar refractivity (Wildman–Crippen MR) is 123 cm³/mol. The minimum atomic E-state index is -0.116. The Morgan fingerprint density at radius 1 is 1.27 bits per heavy atom. The standard InChI is InChI=1S/C23H23ClN2O3S/c1-15(24)13-26-20-10-19(30-2)8-7-16(20)9-17(23(26)27)11-25-12-18-14-28-21-5-3-4-6-22(21)29-18/h3-10,18,25H,1,11-14H2,2H3. The minimum Gasteiger partial charge on any atom is -0.486 e. The van der Waals surface area contributed by atoms with E-state index in [0.717, 1.165) is 27.3 Å². The van der Waals surface area contributed by atoms with Gasteiger partial charge in [-0.3, -0.25) is 4.79 Å². The highest BCUT2D eigenvalue weighted by molar-refractivity contribution is 7.98. The van der Waals surface area contributed by atoms with Gasteiger partial charge in [0.1, 0.15) is 12.7 Å². The number of nitrogens with one attached hydrogen (secondary N) is 1. The van der Waals surface area contributed by atoms with Crippen molar-refractivity contribution in [1.82, 2.24) is 9.88 Å².